The summed E-state index contributed by atoms with van der Waals surface area (Å²) in [5.41, 5.74) is 0.0389. The zero-order valence-electron chi connectivity index (χ0n) is 7.93. The number of aromatic nitrogens is 1. The summed E-state index contributed by atoms with van der Waals surface area (Å²) in [5, 5.41) is 2.24. The topological polar surface area (TPSA) is 12.9 Å². The first-order valence-electron chi connectivity index (χ1n) is 4.17. The number of nitrogens with zero attached hydrogens (tertiary/aromatic N) is 1. The summed E-state index contributed by atoms with van der Waals surface area (Å²) in [4.78, 5) is 4.08. The smallest absolute Gasteiger partial charge is 0.240 e. The maximum atomic E-state index is 12.5. The molecule has 0 unspecified atom stereocenters. The van der Waals surface area contributed by atoms with Gasteiger partial charge in [-0.15, -0.1) is 22.7 Å². The highest BCUT2D eigenvalue weighted by atomic mass is 79.9. The maximum Gasteiger partial charge on any atom is 0.427 e. The van der Waals surface area contributed by atoms with Gasteiger partial charge in [0.1, 0.15) is 9.88 Å². The minimum atomic E-state index is -4.31. The number of hydrogen-bond acceptors (Lipinski definition) is 3. The van der Waals surface area contributed by atoms with E-state index in [2.05, 4.69) is 20.9 Å². The monoisotopic (exact) mass is 327 g/mol. The van der Waals surface area contributed by atoms with E-state index in [1.807, 2.05) is 5.38 Å². The molecule has 0 aliphatic heterocycles. The van der Waals surface area contributed by atoms with Crippen LogP contribution >= 0.6 is 38.6 Å². The number of thiophene rings is 1. The van der Waals surface area contributed by atoms with Crippen LogP contribution in [0.15, 0.2) is 15.9 Å². The highest BCUT2D eigenvalue weighted by Gasteiger charge is 2.35. The zero-order valence-corrected chi connectivity index (χ0v) is 11.1. The lowest BCUT2D eigenvalue weighted by Gasteiger charge is -2.01. The Morgan fingerprint density at radius 1 is 1.38 bits per heavy atom. The molecular formula is C9H5BrF3NS2. The molecule has 0 aromatic carbocycles. The molecule has 16 heavy (non-hydrogen) atoms. The predicted molar refractivity (Wildman–Crippen MR) is 62.9 cm³/mol. The van der Waals surface area contributed by atoms with E-state index in [0.29, 0.717) is 16.3 Å². The fourth-order valence-electron chi connectivity index (χ4n) is 1.19. The summed E-state index contributed by atoms with van der Waals surface area (Å²) in [7, 11) is 0. The quantitative estimate of drug-likeness (QED) is 0.721. The number of halogens is 4. The van der Waals surface area contributed by atoms with Crippen molar-refractivity contribution in [2.24, 2.45) is 0 Å². The van der Waals surface area contributed by atoms with Crippen LogP contribution in [0.1, 0.15) is 10.6 Å². The molecule has 0 spiro atoms. The number of rotatable bonds is 1. The molecule has 2 aromatic rings. The van der Waals surface area contributed by atoms with Crippen LogP contribution in [0.2, 0.25) is 0 Å². The summed E-state index contributed by atoms with van der Waals surface area (Å²) in [5.74, 6) is 0. The second kappa shape index (κ2) is 4.12. The van der Waals surface area contributed by atoms with Crippen molar-refractivity contribution < 1.29 is 13.2 Å². The van der Waals surface area contributed by atoms with Crippen LogP contribution < -0.4 is 0 Å². The largest absolute Gasteiger partial charge is 0.427 e. The van der Waals surface area contributed by atoms with Crippen molar-refractivity contribution in [1.82, 2.24) is 4.98 Å². The van der Waals surface area contributed by atoms with Crippen molar-refractivity contribution in [1.29, 1.82) is 0 Å². The van der Waals surface area contributed by atoms with Crippen LogP contribution in [0, 0.1) is 6.92 Å². The SMILES string of the molecule is Cc1nc(-c2cc(Br)cs2)sc1C(F)(F)F. The van der Waals surface area contributed by atoms with Crippen molar-refractivity contribution in [3.63, 3.8) is 0 Å². The fourth-order valence-corrected chi connectivity index (χ4v) is 3.61. The molecular weight excluding hydrogens is 323 g/mol. The number of thiazole rings is 1. The van der Waals surface area contributed by atoms with Gasteiger partial charge in [0, 0.05) is 9.85 Å². The molecule has 0 aliphatic rings. The molecule has 0 radical (unpaired) electrons. The Balaban J connectivity index is 2.46. The molecule has 0 N–H and O–H groups in total. The van der Waals surface area contributed by atoms with Gasteiger partial charge in [-0.2, -0.15) is 13.2 Å². The highest BCUT2D eigenvalue weighted by molar-refractivity contribution is 9.10. The molecule has 86 valence electrons. The second-order valence-corrected chi connectivity index (χ2v) is 5.89. The van der Waals surface area contributed by atoms with Crippen molar-refractivity contribution in [3.05, 3.63) is 26.5 Å². The van der Waals surface area contributed by atoms with Crippen molar-refractivity contribution in [2.75, 3.05) is 0 Å². The zero-order chi connectivity index (χ0) is 11.9. The molecule has 2 rings (SSSR count). The average Bonchev–Trinajstić information content (AvgIpc) is 2.70. The summed E-state index contributed by atoms with van der Waals surface area (Å²) in [6, 6.07) is 1.77. The van der Waals surface area contributed by atoms with E-state index in [0.717, 1.165) is 9.35 Å². The minimum Gasteiger partial charge on any atom is -0.240 e. The lowest BCUT2D eigenvalue weighted by atomic mass is 10.4. The Labute approximate surface area is 106 Å². The molecule has 0 amide bonds. The summed E-state index contributed by atoms with van der Waals surface area (Å²) < 4.78 is 38.5. The van der Waals surface area contributed by atoms with E-state index in [1.54, 1.807) is 6.07 Å². The lowest BCUT2D eigenvalue weighted by Crippen LogP contribution is -2.03. The van der Waals surface area contributed by atoms with E-state index in [-0.39, 0.29) is 5.69 Å². The Bertz CT molecular complexity index is 515. The first-order valence-corrected chi connectivity index (χ1v) is 6.66. The lowest BCUT2D eigenvalue weighted by molar-refractivity contribution is -0.134. The minimum absolute atomic E-state index is 0.0389. The third-order valence-corrected chi connectivity index (χ3v) is 4.89. The molecule has 0 atom stereocenters. The molecule has 0 bridgehead atoms. The van der Waals surface area contributed by atoms with Gasteiger partial charge in [0.05, 0.1) is 10.6 Å². The average molecular weight is 328 g/mol. The third-order valence-electron chi connectivity index (χ3n) is 1.83. The maximum absolute atomic E-state index is 12.5. The first kappa shape index (κ1) is 12.1. The van der Waals surface area contributed by atoms with Gasteiger partial charge in [0.25, 0.3) is 0 Å². The summed E-state index contributed by atoms with van der Waals surface area (Å²) in [6.07, 6.45) is -4.31. The Hall–Kier alpha value is -0.400. The molecule has 0 fully saturated rings. The molecule has 2 heterocycles. The van der Waals surface area contributed by atoms with Crippen LogP contribution in [0.3, 0.4) is 0 Å². The van der Waals surface area contributed by atoms with Gasteiger partial charge < -0.3 is 0 Å². The van der Waals surface area contributed by atoms with Crippen LogP contribution in [0.25, 0.3) is 9.88 Å². The molecule has 0 aliphatic carbocycles. The molecule has 0 saturated carbocycles. The summed E-state index contributed by atoms with van der Waals surface area (Å²) in [6.45, 7) is 1.38. The number of hydrogen-bond donors (Lipinski definition) is 0. The Morgan fingerprint density at radius 2 is 2.06 bits per heavy atom. The van der Waals surface area contributed by atoms with Crippen molar-refractivity contribution in [3.8, 4) is 9.88 Å². The van der Waals surface area contributed by atoms with Gasteiger partial charge >= 0.3 is 6.18 Å². The number of aryl methyl sites for hydroxylation is 1. The van der Waals surface area contributed by atoms with Gasteiger partial charge in [0.15, 0.2) is 0 Å². The van der Waals surface area contributed by atoms with Gasteiger partial charge in [-0.1, -0.05) is 0 Å². The predicted octanol–water partition coefficient (Wildman–Crippen LogP) is 4.96. The van der Waals surface area contributed by atoms with Gasteiger partial charge in [-0.05, 0) is 28.9 Å². The van der Waals surface area contributed by atoms with E-state index < -0.39 is 11.1 Å². The second-order valence-electron chi connectivity index (χ2n) is 3.06. The van der Waals surface area contributed by atoms with Crippen LogP contribution in [-0.4, -0.2) is 4.98 Å². The summed E-state index contributed by atoms with van der Waals surface area (Å²) >= 11 is 5.31. The van der Waals surface area contributed by atoms with Gasteiger partial charge in [0.2, 0.25) is 0 Å². The fraction of sp³-hybridized carbons (Fsp3) is 0.222. The van der Waals surface area contributed by atoms with Crippen LogP contribution in [-0.2, 0) is 6.18 Å². The van der Waals surface area contributed by atoms with Crippen LogP contribution in [0.5, 0.6) is 0 Å². The Kier molecular flexibility index (Phi) is 3.11. The van der Waals surface area contributed by atoms with Gasteiger partial charge in [-0.3, -0.25) is 0 Å². The van der Waals surface area contributed by atoms with E-state index in [1.165, 1.54) is 18.3 Å². The Morgan fingerprint density at radius 3 is 2.50 bits per heavy atom. The molecule has 1 nitrogen and oxygen atoms in total. The molecule has 0 saturated heterocycles. The van der Waals surface area contributed by atoms with Crippen molar-refractivity contribution in [2.45, 2.75) is 13.1 Å². The van der Waals surface area contributed by atoms with Gasteiger partial charge in [-0.25, -0.2) is 4.98 Å². The van der Waals surface area contributed by atoms with E-state index in [9.17, 15) is 13.2 Å². The molecule has 7 heteroatoms. The van der Waals surface area contributed by atoms with E-state index in [4.69, 9.17) is 0 Å². The standard InChI is InChI=1S/C9H5BrF3NS2/c1-4-7(9(11,12)13)16-8(14-4)6-2-5(10)3-15-6/h2-3H,1H3. The van der Waals surface area contributed by atoms with Crippen LogP contribution in [0.4, 0.5) is 13.2 Å². The van der Waals surface area contributed by atoms with E-state index >= 15 is 0 Å². The number of alkyl halides is 3. The molecule has 2 aromatic heterocycles. The third kappa shape index (κ3) is 2.31. The first-order chi connectivity index (χ1) is 7.38. The van der Waals surface area contributed by atoms with Crippen molar-refractivity contribution >= 4 is 38.6 Å². The normalized spacial score (nSPS) is 12.1. The highest BCUT2D eigenvalue weighted by Crippen LogP contribution is 2.41.